The van der Waals surface area contributed by atoms with E-state index < -0.39 is 16.5 Å². The minimum absolute atomic E-state index is 0.183. The molecule has 0 aliphatic carbocycles. The average Bonchev–Trinajstić information content (AvgIpc) is 1.96. The molecule has 0 aliphatic rings. The fourth-order valence-corrected chi connectivity index (χ4v) is 0.913. The number of halogens is 3. The van der Waals surface area contributed by atoms with E-state index in [4.69, 9.17) is 0 Å². The number of anilines is 1. The third kappa shape index (κ3) is 2.27. The van der Waals surface area contributed by atoms with Gasteiger partial charge in [0.1, 0.15) is 11.6 Å². The Balaban J connectivity index is 2.97. The number of carbonyl (C=O) groups excluding carboxylic acids is 1. The third-order valence-corrected chi connectivity index (χ3v) is 1.36. The summed E-state index contributed by atoms with van der Waals surface area (Å²) < 4.78 is 25.2. The summed E-state index contributed by atoms with van der Waals surface area (Å²) in [6, 6.07) is 2.81. The highest BCUT2D eigenvalue weighted by atomic mass is 79.9. The summed E-state index contributed by atoms with van der Waals surface area (Å²) in [4.78, 5) is 9.77. The van der Waals surface area contributed by atoms with E-state index in [1.165, 1.54) is 0 Å². The van der Waals surface area contributed by atoms with E-state index in [2.05, 4.69) is 21.2 Å². The van der Waals surface area contributed by atoms with Crippen LogP contribution in [0.2, 0.25) is 0 Å². The molecule has 1 N–H and O–H groups in total. The van der Waals surface area contributed by atoms with Crippen molar-refractivity contribution in [2.24, 2.45) is 0 Å². The molecule has 0 saturated carbocycles. The number of nitrogens with one attached hydrogen (secondary N) is 1. The Bertz CT molecular complexity index is 316. The zero-order valence-corrected chi connectivity index (χ0v) is 7.36. The number of benzene rings is 1. The van der Waals surface area contributed by atoms with Gasteiger partial charge in [0.15, 0.2) is 0 Å². The van der Waals surface area contributed by atoms with Crippen molar-refractivity contribution in [1.29, 1.82) is 0 Å². The van der Waals surface area contributed by atoms with Gasteiger partial charge in [-0.1, -0.05) is 0 Å². The number of amides is 1. The van der Waals surface area contributed by atoms with Gasteiger partial charge in [0.25, 0.3) is 4.82 Å². The second kappa shape index (κ2) is 3.62. The van der Waals surface area contributed by atoms with Crippen LogP contribution < -0.4 is 5.32 Å². The maximum atomic E-state index is 12.7. The Morgan fingerprint density at radius 1 is 1.42 bits per heavy atom. The predicted molar refractivity (Wildman–Crippen MR) is 44.3 cm³/mol. The van der Waals surface area contributed by atoms with E-state index in [-0.39, 0.29) is 5.69 Å². The first-order valence-corrected chi connectivity index (χ1v) is 3.80. The lowest BCUT2D eigenvalue weighted by atomic mass is 10.3. The molecule has 5 heteroatoms. The molecule has 0 heterocycles. The van der Waals surface area contributed by atoms with Crippen LogP contribution in [-0.4, -0.2) is 4.82 Å². The van der Waals surface area contributed by atoms with Gasteiger partial charge in [-0.25, -0.2) is 8.78 Å². The van der Waals surface area contributed by atoms with Crippen molar-refractivity contribution in [2.45, 2.75) is 0 Å². The molecule has 0 bridgehead atoms. The summed E-state index contributed by atoms with van der Waals surface area (Å²) in [6.07, 6.45) is 0. The molecule has 64 valence electrons. The molecule has 1 aromatic carbocycles. The molecule has 2 nitrogen and oxygen atoms in total. The number of hydrogen-bond donors (Lipinski definition) is 1. The van der Waals surface area contributed by atoms with Crippen molar-refractivity contribution in [1.82, 2.24) is 0 Å². The Labute approximate surface area is 75.7 Å². The van der Waals surface area contributed by atoms with Crippen LogP contribution in [0.4, 0.5) is 19.3 Å². The Hall–Kier alpha value is -0.970. The lowest BCUT2D eigenvalue weighted by Crippen LogP contribution is -2.02. The Morgan fingerprint density at radius 3 is 2.67 bits per heavy atom. The van der Waals surface area contributed by atoms with Gasteiger partial charge in [-0.15, -0.1) is 0 Å². The van der Waals surface area contributed by atoms with Crippen LogP contribution in [0.25, 0.3) is 0 Å². The molecule has 0 aliphatic heterocycles. The fourth-order valence-electron chi connectivity index (χ4n) is 0.699. The standard InChI is InChI=1S/C7H4BrF2NO/c8-7(12)11-6-3-4(9)1-2-5(6)10/h1-3H,(H,11,12). The summed E-state index contributed by atoms with van der Waals surface area (Å²) >= 11 is 2.53. The molecule has 0 saturated heterocycles. The highest BCUT2D eigenvalue weighted by Crippen LogP contribution is 2.15. The van der Waals surface area contributed by atoms with Gasteiger partial charge in [-0.05, 0) is 12.1 Å². The number of rotatable bonds is 1. The summed E-state index contributed by atoms with van der Waals surface area (Å²) in [5, 5.41) is 2.08. The molecule has 1 rings (SSSR count). The first-order valence-electron chi connectivity index (χ1n) is 3.01. The van der Waals surface area contributed by atoms with Crippen molar-refractivity contribution in [2.75, 3.05) is 5.32 Å². The van der Waals surface area contributed by atoms with Gasteiger partial charge in [0.2, 0.25) is 0 Å². The molecule has 1 amide bonds. The van der Waals surface area contributed by atoms with Gasteiger partial charge < -0.3 is 5.32 Å². The van der Waals surface area contributed by atoms with E-state index >= 15 is 0 Å². The van der Waals surface area contributed by atoms with Gasteiger partial charge in [0.05, 0.1) is 5.69 Å². The van der Waals surface area contributed by atoms with Crippen LogP contribution in [0, 0.1) is 11.6 Å². The molecular formula is C7H4BrF2NO. The van der Waals surface area contributed by atoms with Crippen LogP contribution in [0.5, 0.6) is 0 Å². The first-order chi connectivity index (χ1) is 5.59. The van der Waals surface area contributed by atoms with Crippen molar-refractivity contribution >= 4 is 26.4 Å². The maximum Gasteiger partial charge on any atom is 0.291 e. The van der Waals surface area contributed by atoms with Gasteiger partial charge in [0, 0.05) is 22.0 Å². The molecule has 0 unspecified atom stereocenters. The number of hydrogen-bond acceptors (Lipinski definition) is 1. The van der Waals surface area contributed by atoms with Crippen LogP contribution >= 0.6 is 15.9 Å². The highest BCUT2D eigenvalue weighted by Gasteiger charge is 2.04. The normalized spacial score (nSPS) is 9.58. The second-order valence-corrected chi connectivity index (χ2v) is 2.74. The molecule has 0 atom stereocenters. The maximum absolute atomic E-state index is 12.7. The average molecular weight is 236 g/mol. The molecule has 0 radical (unpaired) electrons. The van der Waals surface area contributed by atoms with E-state index in [0.717, 1.165) is 18.2 Å². The van der Waals surface area contributed by atoms with Crippen LogP contribution in [0.15, 0.2) is 18.2 Å². The minimum atomic E-state index is -0.677. The first kappa shape index (κ1) is 9.12. The zero-order valence-electron chi connectivity index (χ0n) is 5.77. The lowest BCUT2D eigenvalue weighted by Gasteiger charge is -2.01. The molecular weight excluding hydrogens is 232 g/mol. The van der Waals surface area contributed by atoms with Crippen molar-refractivity contribution in [3.8, 4) is 0 Å². The van der Waals surface area contributed by atoms with E-state index in [9.17, 15) is 13.6 Å². The second-order valence-electron chi connectivity index (χ2n) is 2.02. The SMILES string of the molecule is O=C(Br)Nc1cc(F)ccc1F. The smallest absolute Gasteiger partial charge is 0.291 e. The Morgan fingerprint density at radius 2 is 2.08 bits per heavy atom. The summed E-state index contributed by atoms with van der Waals surface area (Å²) in [5.41, 5.74) is -0.183. The molecule has 1 aromatic rings. The van der Waals surface area contributed by atoms with E-state index in [1.54, 1.807) is 0 Å². The van der Waals surface area contributed by atoms with Crippen LogP contribution in [-0.2, 0) is 0 Å². The van der Waals surface area contributed by atoms with E-state index in [0.29, 0.717) is 0 Å². The monoisotopic (exact) mass is 235 g/mol. The molecule has 12 heavy (non-hydrogen) atoms. The van der Waals surface area contributed by atoms with Crippen molar-refractivity contribution in [3.63, 3.8) is 0 Å². The third-order valence-electron chi connectivity index (χ3n) is 1.16. The molecule has 0 spiro atoms. The number of carbonyl (C=O) groups is 1. The predicted octanol–water partition coefficient (Wildman–Crippen LogP) is 2.89. The van der Waals surface area contributed by atoms with Gasteiger partial charge >= 0.3 is 0 Å². The Kier molecular flexibility index (Phi) is 2.75. The summed E-state index contributed by atoms with van der Waals surface area (Å²) in [5.74, 6) is -1.28. The van der Waals surface area contributed by atoms with Crippen LogP contribution in [0.1, 0.15) is 0 Å². The minimum Gasteiger partial charge on any atom is -0.314 e. The zero-order chi connectivity index (χ0) is 9.14. The molecule has 0 fully saturated rings. The fraction of sp³-hybridized carbons (Fsp3) is 0. The van der Waals surface area contributed by atoms with E-state index in [1.807, 2.05) is 0 Å². The van der Waals surface area contributed by atoms with Crippen molar-refractivity contribution < 1.29 is 13.6 Å². The topological polar surface area (TPSA) is 29.1 Å². The van der Waals surface area contributed by atoms with Crippen LogP contribution in [0.3, 0.4) is 0 Å². The lowest BCUT2D eigenvalue weighted by molar-refractivity contribution is 0.270. The van der Waals surface area contributed by atoms with Crippen molar-refractivity contribution in [3.05, 3.63) is 29.8 Å². The van der Waals surface area contributed by atoms with Gasteiger partial charge in [-0.3, -0.25) is 4.79 Å². The summed E-state index contributed by atoms with van der Waals surface area (Å²) in [6.45, 7) is 0. The quantitative estimate of drug-likeness (QED) is 0.589. The largest absolute Gasteiger partial charge is 0.314 e. The summed E-state index contributed by atoms with van der Waals surface area (Å²) in [7, 11) is 0. The highest BCUT2D eigenvalue weighted by molar-refractivity contribution is 9.18. The van der Waals surface area contributed by atoms with Gasteiger partial charge in [-0.2, -0.15) is 0 Å². The molecule has 0 aromatic heterocycles.